The summed E-state index contributed by atoms with van der Waals surface area (Å²) in [5, 5.41) is 13.0. The minimum atomic E-state index is -0.570. The van der Waals surface area contributed by atoms with Gasteiger partial charge in [0.25, 0.3) is 5.91 Å². The van der Waals surface area contributed by atoms with Gasteiger partial charge in [0.15, 0.2) is 6.61 Å². The van der Waals surface area contributed by atoms with Gasteiger partial charge in [0, 0.05) is 15.5 Å². The van der Waals surface area contributed by atoms with Crippen LogP contribution in [0.1, 0.15) is 28.0 Å². The van der Waals surface area contributed by atoms with Crippen LogP contribution in [-0.2, 0) is 33.6 Å². The standard InChI is InChI=1S/C19H17ClN2O4S/c1-25-15-6-5-12(20)7-11(15)8-18(24)26-10-17(23)22-19-14(9-21)13-3-2-4-16(13)27-19/h5-7H,2-4,8,10H2,1H3,(H,22,23). The van der Waals surface area contributed by atoms with E-state index in [-0.39, 0.29) is 6.42 Å². The van der Waals surface area contributed by atoms with E-state index >= 15 is 0 Å². The normalized spacial score (nSPS) is 12.2. The molecule has 8 heteroatoms. The number of benzene rings is 1. The van der Waals surface area contributed by atoms with Crippen LogP contribution < -0.4 is 10.1 Å². The lowest BCUT2D eigenvalue weighted by Crippen LogP contribution is -2.21. The molecule has 0 spiro atoms. The number of halogens is 1. The van der Waals surface area contributed by atoms with E-state index in [1.807, 2.05) is 0 Å². The van der Waals surface area contributed by atoms with Gasteiger partial charge in [0.2, 0.25) is 0 Å². The van der Waals surface area contributed by atoms with Crippen molar-refractivity contribution in [3.05, 3.63) is 44.8 Å². The molecule has 1 aliphatic rings. The zero-order valence-electron chi connectivity index (χ0n) is 14.6. The Balaban J connectivity index is 1.56. The van der Waals surface area contributed by atoms with Crippen molar-refractivity contribution in [1.29, 1.82) is 5.26 Å². The third-order valence-electron chi connectivity index (χ3n) is 4.23. The fourth-order valence-electron chi connectivity index (χ4n) is 3.01. The SMILES string of the molecule is COc1ccc(Cl)cc1CC(=O)OCC(=O)Nc1sc2c(c1C#N)CCC2. The predicted octanol–water partition coefficient (Wildman–Crippen LogP) is 3.49. The van der Waals surface area contributed by atoms with Crippen LogP contribution in [0.25, 0.3) is 0 Å². The van der Waals surface area contributed by atoms with Gasteiger partial charge in [-0.1, -0.05) is 11.6 Å². The number of nitriles is 1. The topological polar surface area (TPSA) is 88.4 Å². The van der Waals surface area contributed by atoms with Gasteiger partial charge < -0.3 is 14.8 Å². The van der Waals surface area contributed by atoms with Gasteiger partial charge >= 0.3 is 5.97 Å². The maximum atomic E-state index is 12.1. The van der Waals surface area contributed by atoms with E-state index in [2.05, 4.69) is 11.4 Å². The van der Waals surface area contributed by atoms with E-state index < -0.39 is 18.5 Å². The number of esters is 1. The van der Waals surface area contributed by atoms with Crippen molar-refractivity contribution < 1.29 is 19.1 Å². The van der Waals surface area contributed by atoms with E-state index in [0.29, 0.717) is 26.9 Å². The molecule has 0 saturated carbocycles. The summed E-state index contributed by atoms with van der Waals surface area (Å²) in [4.78, 5) is 25.3. The molecule has 1 N–H and O–H groups in total. The molecule has 0 atom stereocenters. The fourth-order valence-corrected chi connectivity index (χ4v) is 4.46. The zero-order chi connectivity index (χ0) is 19.4. The molecule has 2 aromatic rings. The lowest BCUT2D eigenvalue weighted by atomic mass is 10.1. The minimum absolute atomic E-state index is 0.0617. The smallest absolute Gasteiger partial charge is 0.310 e. The van der Waals surface area contributed by atoms with Crippen LogP contribution in [-0.4, -0.2) is 25.6 Å². The number of fused-ring (bicyclic) bond motifs is 1. The second kappa shape index (κ2) is 8.42. The Morgan fingerprint density at radius 1 is 1.37 bits per heavy atom. The summed E-state index contributed by atoms with van der Waals surface area (Å²) in [5.41, 5.74) is 2.13. The maximum absolute atomic E-state index is 12.1. The molecule has 0 radical (unpaired) electrons. The van der Waals surface area contributed by atoms with Crippen LogP contribution >= 0.6 is 22.9 Å². The summed E-state index contributed by atoms with van der Waals surface area (Å²) in [5.74, 6) is -0.523. The molecule has 6 nitrogen and oxygen atoms in total. The lowest BCUT2D eigenvalue weighted by molar-refractivity contribution is -0.146. The number of hydrogen-bond donors (Lipinski definition) is 1. The number of carbonyl (C=O) groups is 2. The molecule has 0 unspecified atom stereocenters. The highest BCUT2D eigenvalue weighted by Gasteiger charge is 2.23. The highest BCUT2D eigenvalue weighted by atomic mass is 35.5. The minimum Gasteiger partial charge on any atom is -0.496 e. The number of methoxy groups -OCH3 is 1. The quantitative estimate of drug-likeness (QED) is 0.744. The first-order chi connectivity index (χ1) is 13.0. The second-order valence-corrected chi connectivity index (χ2v) is 7.56. The molecule has 27 heavy (non-hydrogen) atoms. The van der Waals surface area contributed by atoms with Crippen LogP contribution in [0, 0.1) is 11.3 Å². The first-order valence-corrected chi connectivity index (χ1v) is 9.53. The molecule has 1 aromatic carbocycles. The molecule has 1 heterocycles. The number of thiophene rings is 1. The van der Waals surface area contributed by atoms with Crippen LogP contribution in [0.2, 0.25) is 5.02 Å². The first-order valence-electron chi connectivity index (χ1n) is 8.34. The number of hydrogen-bond acceptors (Lipinski definition) is 6. The van der Waals surface area contributed by atoms with Crippen molar-refractivity contribution in [1.82, 2.24) is 0 Å². The molecular formula is C19H17ClN2O4S. The molecule has 3 rings (SSSR count). The number of amides is 1. The Morgan fingerprint density at radius 3 is 2.93 bits per heavy atom. The maximum Gasteiger partial charge on any atom is 0.310 e. The molecule has 0 fully saturated rings. The third-order valence-corrected chi connectivity index (χ3v) is 5.67. The van der Waals surface area contributed by atoms with E-state index in [9.17, 15) is 14.9 Å². The second-order valence-electron chi connectivity index (χ2n) is 6.02. The van der Waals surface area contributed by atoms with Gasteiger partial charge in [-0.2, -0.15) is 5.26 Å². The lowest BCUT2D eigenvalue weighted by Gasteiger charge is -2.09. The van der Waals surface area contributed by atoms with Crippen molar-refractivity contribution in [3.63, 3.8) is 0 Å². The number of aryl methyl sites for hydroxylation is 1. The third kappa shape index (κ3) is 4.41. The number of rotatable bonds is 6. The summed E-state index contributed by atoms with van der Waals surface area (Å²) in [6.07, 6.45) is 2.77. The van der Waals surface area contributed by atoms with E-state index in [0.717, 1.165) is 29.7 Å². The van der Waals surface area contributed by atoms with Crippen molar-refractivity contribution in [2.24, 2.45) is 0 Å². The largest absolute Gasteiger partial charge is 0.496 e. The van der Waals surface area contributed by atoms with Crippen LogP contribution in [0.5, 0.6) is 5.75 Å². The summed E-state index contributed by atoms with van der Waals surface area (Å²) in [7, 11) is 1.50. The Bertz CT molecular complexity index is 933. The summed E-state index contributed by atoms with van der Waals surface area (Å²) in [6.45, 7) is -0.421. The first kappa shape index (κ1) is 19.2. The Labute approximate surface area is 165 Å². The molecule has 1 amide bonds. The number of ether oxygens (including phenoxy) is 2. The van der Waals surface area contributed by atoms with Crippen LogP contribution in [0.4, 0.5) is 5.00 Å². The van der Waals surface area contributed by atoms with Gasteiger partial charge in [0.05, 0.1) is 19.1 Å². The summed E-state index contributed by atoms with van der Waals surface area (Å²) >= 11 is 7.36. The highest BCUT2D eigenvalue weighted by molar-refractivity contribution is 7.16. The number of nitrogens with one attached hydrogen (secondary N) is 1. The summed E-state index contributed by atoms with van der Waals surface area (Å²) in [6, 6.07) is 7.10. The fraction of sp³-hybridized carbons (Fsp3) is 0.316. The average Bonchev–Trinajstić information content (AvgIpc) is 3.20. The Morgan fingerprint density at radius 2 is 2.19 bits per heavy atom. The Hall–Kier alpha value is -2.56. The van der Waals surface area contributed by atoms with Gasteiger partial charge in [-0.05, 0) is 43.0 Å². The van der Waals surface area contributed by atoms with E-state index in [1.165, 1.54) is 18.4 Å². The number of carbonyl (C=O) groups excluding carboxylic acids is 2. The number of anilines is 1. The van der Waals surface area contributed by atoms with Gasteiger partial charge in [0.1, 0.15) is 16.8 Å². The van der Waals surface area contributed by atoms with E-state index in [4.69, 9.17) is 21.1 Å². The van der Waals surface area contributed by atoms with Gasteiger partial charge in [-0.3, -0.25) is 9.59 Å². The molecule has 0 aliphatic heterocycles. The predicted molar refractivity (Wildman–Crippen MR) is 102 cm³/mol. The molecule has 1 aliphatic carbocycles. The van der Waals surface area contributed by atoms with Crippen molar-refractivity contribution in [2.45, 2.75) is 25.7 Å². The van der Waals surface area contributed by atoms with Crippen LogP contribution in [0.3, 0.4) is 0 Å². The number of nitrogens with zero attached hydrogens (tertiary/aromatic N) is 1. The van der Waals surface area contributed by atoms with Crippen LogP contribution in [0.15, 0.2) is 18.2 Å². The molecule has 140 valence electrons. The van der Waals surface area contributed by atoms with E-state index in [1.54, 1.807) is 18.2 Å². The molecule has 1 aromatic heterocycles. The molecule has 0 bridgehead atoms. The summed E-state index contributed by atoms with van der Waals surface area (Å²) < 4.78 is 10.2. The monoisotopic (exact) mass is 404 g/mol. The Kier molecular flexibility index (Phi) is 5.99. The highest BCUT2D eigenvalue weighted by Crippen LogP contribution is 2.38. The molecular weight excluding hydrogens is 388 g/mol. The molecule has 0 saturated heterocycles. The van der Waals surface area contributed by atoms with Gasteiger partial charge in [-0.25, -0.2) is 0 Å². The zero-order valence-corrected chi connectivity index (χ0v) is 16.2. The van der Waals surface area contributed by atoms with Crippen molar-refractivity contribution in [2.75, 3.05) is 19.0 Å². The average molecular weight is 405 g/mol. The van der Waals surface area contributed by atoms with Gasteiger partial charge in [-0.15, -0.1) is 11.3 Å². The van der Waals surface area contributed by atoms with Crippen molar-refractivity contribution in [3.8, 4) is 11.8 Å². The van der Waals surface area contributed by atoms with Crippen molar-refractivity contribution >= 4 is 39.8 Å².